The Morgan fingerprint density at radius 1 is 0.536 bits per heavy atom. The molecule has 0 spiro atoms. The van der Waals surface area contributed by atoms with Crippen LogP contribution in [0, 0.1) is 17.8 Å². The molecular weight excluding hydrogens is 710 g/mol. The number of aryl methyl sites for hydroxylation is 1. The average molecular weight is 766 g/mol. The van der Waals surface area contributed by atoms with Crippen molar-refractivity contribution in [1.29, 1.82) is 0 Å². The Morgan fingerprint density at radius 2 is 1.00 bits per heavy atom. The lowest BCUT2D eigenvalue weighted by Crippen LogP contribution is -2.28. The van der Waals surface area contributed by atoms with Crippen LogP contribution < -0.4 is 20.0 Å². The highest BCUT2D eigenvalue weighted by atomic mass is 31.1. The topological polar surface area (TPSA) is 74.8 Å². The summed E-state index contributed by atoms with van der Waals surface area (Å²) in [6, 6.07) is 49.0. The van der Waals surface area contributed by atoms with Crippen molar-refractivity contribution in [3.05, 3.63) is 162 Å². The van der Waals surface area contributed by atoms with Gasteiger partial charge in [0.15, 0.2) is 0 Å². The summed E-state index contributed by atoms with van der Waals surface area (Å²) in [5.41, 5.74) is 13.8. The maximum absolute atomic E-state index is 11.2. The molecule has 0 saturated heterocycles. The molecule has 0 bridgehead atoms. The highest BCUT2D eigenvalue weighted by molar-refractivity contribution is 7.43. The highest BCUT2D eigenvalue weighted by Crippen LogP contribution is 2.61. The number of rotatable bonds is 8. The van der Waals surface area contributed by atoms with Crippen LogP contribution in [0.15, 0.2) is 140 Å². The second-order valence-electron chi connectivity index (χ2n) is 15.7. The van der Waals surface area contributed by atoms with Crippen LogP contribution in [-0.2, 0) is 11.8 Å². The average Bonchev–Trinajstić information content (AvgIpc) is 3.80. The van der Waals surface area contributed by atoms with Crippen molar-refractivity contribution in [3.63, 3.8) is 0 Å². The Labute approximate surface area is 335 Å². The molecule has 0 aliphatic carbocycles. The van der Waals surface area contributed by atoms with Gasteiger partial charge in [-0.3, -0.25) is 9.59 Å². The number of hydrogen-bond acceptors (Lipinski definition) is 5. The fourth-order valence-electron chi connectivity index (χ4n) is 7.84. The van der Waals surface area contributed by atoms with Gasteiger partial charge in [0.2, 0.25) is 0 Å². The Morgan fingerprint density at radius 3 is 1.52 bits per heavy atom. The molecule has 6 aromatic rings. The van der Waals surface area contributed by atoms with Crippen LogP contribution in [-0.4, -0.2) is 23.3 Å². The SMILES string of the molecule is CC(C)[C@@H](c1ccccc1)N1PN([C@H](c2ccccc2)C(C)C)c2c1c1ccccc1n2C.CC(C)[C@H](N)c1ccccc1.CN1C(=O)C(=O)c2ccccc21. The number of carbonyl (C=O) groups excluding carboxylic acids is 2. The molecule has 5 aromatic carbocycles. The van der Waals surface area contributed by atoms with Gasteiger partial charge in [-0.05, 0) is 52.6 Å². The summed E-state index contributed by atoms with van der Waals surface area (Å²) in [6.07, 6.45) is 0. The van der Waals surface area contributed by atoms with E-state index in [2.05, 4.69) is 160 Å². The smallest absolute Gasteiger partial charge is 0.299 e. The van der Waals surface area contributed by atoms with E-state index in [1.54, 1.807) is 31.3 Å². The number of Topliss-reactive ketones (excluding diaryl/α,β-unsaturated/α-hetero) is 1. The van der Waals surface area contributed by atoms with Gasteiger partial charge in [-0.2, -0.15) is 0 Å². The molecule has 8 heteroatoms. The molecule has 8 rings (SSSR count). The number of likely N-dealkylation sites (N-methyl/N-ethyl adjacent to an activating group) is 1. The van der Waals surface area contributed by atoms with Crippen molar-refractivity contribution < 1.29 is 9.59 Å². The van der Waals surface area contributed by atoms with Gasteiger partial charge in [0.1, 0.15) is 5.82 Å². The molecule has 1 amide bonds. The van der Waals surface area contributed by atoms with Crippen LogP contribution in [0.25, 0.3) is 10.9 Å². The van der Waals surface area contributed by atoms with Crippen LogP contribution in [0.4, 0.5) is 17.2 Å². The molecule has 7 nitrogen and oxygen atoms in total. The number of hydrogen-bond donors (Lipinski definition) is 1. The summed E-state index contributed by atoms with van der Waals surface area (Å²) < 4.78 is 7.78. The molecule has 1 aromatic heterocycles. The third-order valence-electron chi connectivity index (χ3n) is 10.7. The van der Waals surface area contributed by atoms with Gasteiger partial charge in [0, 0.05) is 25.5 Å². The van der Waals surface area contributed by atoms with Crippen molar-refractivity contribution in [3.8, 4) is 0 Å². The number of para-hydroxylation sites is 2. The first-order valence-electron chi connectivity index (χ1n) is 19.7. The minimum atomic E-state index is -0.448. The van der Waals surface area contributed by atoms with Crippen LogP contribution in [0.2, 0.25) is 0 Å². The predicted molar refractivity (Wildman–Crippen MR) is 237 cm³/mol. The Hall–Kier alpha value is -5.23. The van der Waals surface area contributed by atoms with Crippen LogP contribution >= 0.6 is 8.88 Å². The summed E-state index contributed by atoms with van der Waals surface area (Å²) in [6.45, 7) is 13.7. The first kappa shape index (κ1) is 40.4. The van der Waals surface area contributed by atoms with Crippen LogP contribution in [0.3, 0.4) is 0 Å². The summed E-state index contributed by atoms with van der Waals surface area (Å²) in [4.78, 5) is 23.7. The number of nitrogens with two attached hydrogens (primary N) is 1. The summed E-state index contributed by atoms with van der Waals surface area (Å²) in [5.74, 6) is 1.97. The standard InChI is InChI=1S/C29H34N3P.C10H15N.C9H7NO2/c1-20(2)26(22-14-8-6-9-15-22)31-28-24-18-12-13-19-25(24)30(5)29(28)32(33-31)27(21(3)4)23-16-10-7-11-17-23;1-8(2)10(11)9-6-4-3-5-7-9;1-10-7-5-3-2-4-6(7)8(11)9(10)12/h6-21,26-27,33H,1-5H3;3-8,10H,11H2,1-2H3;2-5H,1H3/t26-,27-;10-;/m00./s1. The molecule has 0 radical (unpaired) electrons. The van der Waals surface area contributed by atoms with E-state index in [4.69, 9.17) is 5.73 Å². The van der Waals surface area contributed by atoms with Crippen LogP contribution in [0.5, 0.6) is 0 Å². The van der Waals surface area contributed by atoms with Crippen molar-refractivity contribution in [2.75, 3.05) is 21.3 Å². The molecule has 0 saturated carbocycles. The number of aromatic nitrogens is 1. The Bertz CT molecular complexity index is 2240. The van der Waals surface area contributed by atoms with E-state index in [0.29, 0.717) is 50.0 Å². The lowest BCUT2D eigenvalue weighted by molar-refractivity contribution is -0.114. The lowest BCUT2D eigenvalue weighted by atomic mass is 9.95. The molecule has 3 heterocycles. The van der Waals surface area contributed by atoms with Crippen LogP contribution in [0.1, 0.15) is 86.7 Å². The zero-order valence-corrected chi connectivity index (χ0v) is 34.9. The molecule has 290 valence electrons. The zero-order chi connectivity index (χ0) is 40.1. The molecular formula is C48H56N5O2P. The maximum atomic E-state index is 11.2. The first-order valence-corrected chi connectivity index (χ1v) is 20.6. The molecule has 1 unspecified atom stereocenters. The quantitative estimate of drug-likeness (QED) is 0.123. The second-order valence-corrected chi connectivity index (χ2v) is 16.8. The molecule has 4 atom stereocenters. The van der Waals surface area contributed by atoms with Gasteiger partial charge in [0.05, 0.1) is 43.4 Å². The summed E-state index contributed by atoms with van der Waals surface area (Å²) in [7, 11) is 4.39. The van der Waals surface area contributed by atoms with Crippen molar-refractivity contribution >= 4 is 48.7 Å². The number of nitrogens with zero attached hydrogens (tertiary/aromatic N) is 4. The number of amides is 1. The van der Waals surface area contributed by atoms with E-state index in [0.717, 1.165) is 0 Å². The van der Waals surface area contributed by atoms with Gasteiger partial charge >= 0.3 is 0 Å². The number of anilines is 3. The van der Waals surface area contributed by atoms with Gasteiger partial charge in [-0.15, -0.1) is 0 Å². The van der Waals surface area contributed by atoms with Gasteiger partial charge in [-0.25, -0.2) is 0 Å². The second kappa shape index (κ2) is 17.7. The minimum Gasteiger partial charge on any atom is -0.328 e. The van der Waals surface area contributed by atoms with Gasteiger partial charge in [-0.1, -0.05) is 163 Å². The largest absolute Gasteiger partial charge is 0.328 e. The number of carbonyl (C=O) groups is 2. The third-order valence-corrected chi connectivity index (χ3v) is 12.2. The fourth-order valence-corrected chi connectivity index (χ4v) is 9.89. The number of fused-ring (bicyclic) bond motifs is 4. The normalized spacial score (nSPS) is 15.5. The minimum absolute atomic E-state index is 0.177. The monoisotopic (exact) mass is 765 g/mol. The van der Waals surface area contributed by atoms with E-state index in [1.165, 1.54) is 44.0 Å². The molecule has 2 aliphatic heterocycles. The van der Waals surface area contributed by atoms with E-state index >= 15 is 0 Å². The highest BCUT2D eigenvalue weighted by Gasteiger charge is 2.41. The Kier molecular flexibility index (Phi) is 12.8. The maximum Gasteiger partial charge on any atom is 0.299 e. The number of benzene rings is 5. The van der Waals surface area contributed by atoms with E-state index in [1.807, 2.05) is 18.2 Å². The van der Waals surface area contributed by atoms with E-state index in [9.17, 15) is 9.59 Å². The van der Waals surface area contributed by atoms with Crippen molar-refractivity contribution in [2.45, 2.75) is 59.7 Å². The molecule has 2 aliphatic rings. The number of ketones is 1. The fraction of sp³-hybridized carbons (Fsp3) is 0.292. The van der Waals surface area contributed by atoms with Gasteiger partial charge < -0.3 is 24.5 Å². The summed E-state index contributed by atoms with van der Waals surface area (Å²) >= 11 is 0. The Balaban J connectivity index is 0.000000187. The predicted octanol–water partition coefficient (Wildman–Crippen LogP) is 11.3. The van der Waals surface area contributed by atoms with Crippen molar-refractivity contribution in [1.82, 2.24) is 4.57 Å². The van der Waals surface area contributed by atoms with E-state index < -0.39 is 11.7 Å². The molecule has 0 fully saturated rings. The molecule has 56 heavy (non-hydrogen) atoms. The molecule has 2 N–H and O–H groups in total. The first-order chi connectivity index (χ1) is 26.9. The summed E-state index contributed by atoms with van der Waals surface area (Å²) in [5, 5.41) is 1.35. The zero-order valence-electron chi connectivity index (χ0n) is 33.9. The van der Waals surface area contributed by atoms with E-state index in [-0.39, 0.29) is 6.04 Å². The van der Waals surface area contributed by atoms with Crippen molar-refractivity contribution in [2.24, 2.45) is 30.5 Å². The van der Waals surface area contributed by atoms with Gasteiger partial charge in [0.25, 0.3) is 11.7 Å². The lowest BCUT2D eigenvalue weighted by Gasteiger charge is -2.37. The third kappa shape index (κ3) is 8.16.